The van der Waals surface area contributed by atoms with Crippen molar-refractivity contribution >= 4 is 11.8 Å². The van der Waals surface area contributed by atoms with Gasteiger partial charge in [-0.15, -0.1) is 0 Å². The third-order valence-electron chi connectivity index (χ3n) is 5.87. The summed E-state index contributed by atoms with van der Waals surface area (Å²) >= 11 is 0. The molecule has 0 spiro atoms. The molecular formula is C24H29N3O4. The average molecular weight is 424 g/mol. The molecule has 2 aliphatic heterocycles. The molecule has 2 aromatic rings. The van der Waals surface area contributed by atoms with Crippen LogP contribution in [0.2, 0.25) is 0 Å². The third kappa shape index (κ3) is 4.57. The van der Waals surface area contributed by atoms with Crippen LogP contribution in [0.1, 0.15) is 51.1 Å². The Bertz CT molecular complexity index is 941. The Labute approximate surface area is 182 Å². The van der Waals surface area contributed by atoms with E-state index in [4.69, 9.17) is 9.47 Å². The van der Waals surface area contributed by atoms with Gasteiger partial charge in [-0.2, -0.15) is 0 Å². The van der Waals surface area contributed by atoms with E-state index in [9.17, 15) is 9.59 Å². The van der Waals surface area contributed by atoms with Crippen molar-refractivity contribution in [2.45, 2.75) is 31.5 Å². The zero-order valence-corrected chi connectivity index (χ0v) is 17.9. The van der Waals surface area contributed by atoms with Gasteiger partial charge in [0.05, 0.1) is 18.3 Å². The number of benzene rings is 2. The molecule has 0 aromatic heterocycles. The van der Waals surface area contributed by atoms with Gasteiger partial charge in [0.25, 0.3) is 11.8 Å². The largest absolute Gasteiger partial charge is 0.489 e. The van der Waals surface area contributed by atoms with E-state index in [1.54, 1.807) is 13.1 Å². The maximum absolute atomic E-state index is 12.9. The molecule has 0 saturated carbocycles. The number of ether oxygens (including phenoxy) is 2. The summed E-state index contributed by atoms with van der Waals surface area (Å²) < 4.78 is 11.8. The summed E-state index contributed by atoms with van der Waals surface area (Å²) in [5, 5.41) is 8.91. The van der Waals surface area contributed by atoms with Gasteiger partial charge in [0.1, 0.15) is 11.9 Å². The lowest BCUT2D eigenvalue weighted by molar-refractivity contribution is 0.0239. The predicted molar refractivity (Wildman–Crippen MR) is 118 cm³/mol. The van der Waals surface area contributed by atoms with E-state index in [1.807, 2.05) is 43.3 Å². The van der Waals surface area contributed by atoms with Crippen molar-refractivity contribution in [1.29, 1.82) is 0 Å². The van der Waals surface area contributed by atoms with E-state index in [-0.39, 0.29) is 29.9 Å². The van der Waals surface area contributed by atoms with Crippen molar-refractivity contribution in [3.63, 3.8) is 0 Å². The Hall–Kier alpha value is -2.90. The number of fused-ring (bicyclic) bond motifs is 1. The number of hydrogen-bond acceptors (Lipinski definition) is 5. The molecular weight excluding hydrogens is 394 g/mol. The topological polar surface area (TPSA) is 88.7 Å². The average Bonchev–Trinajstić information content (AvgIpc) is 3.14. The standard InChI is InChI=1S/C24H29N3O4/c1-15-21(16-6-4-3-5-7-16)19-12-17(13-20(22(19)31-15)24(29)25-2)23(28)27-9-8-18-14-26-10-11-30-18/h3-7,12-13,15,18,21,26H,8-11,14H2,1-2H3,(H,25,29)(H,27,28). The van der Waals surface area contributed by atoms with Crippen LogP contribution in [0.3, 0.4) is 0 Å². The zero-order valence-electron chi connectivity index (χ0n) is 17.9. The van der Waals surface area contributed by atoms with Crippen molar-refractivity contribution < 1.29 is 19.1 Å². The number of morpholine rings is 1. The molecule has 0 bridgehead atoms. The molecule has 3 atom stereocenters. The molecule has 0 radical (unpaired) electrons. The lowest BCUT2D eigenvalue weighted by Crippen LogP contribution is -2.40. The first kappa shape index (κ1) is 21.3. The number of rotatable bonds is 6. The van der Waals surface area contributed by atoms with Crippen molar-refractivity contribution in [3.8, 4) is 5.75 Å². The van der Waals surface area contributed by atoms with Crippen LogP contribution >= 0.6 is 0 Å². The van der Waals surface area contributed by atoms with E-state index in [2.05, 4.69) is 16.0 Å². The Morgan fingerprint density at radius 2 is 1.97 bits per heavy atom. The van der Waals surface area contributed by atoms with E-state index in [0.717, 1.165) is 30.6 Å². The monoisotopic (exact) mass is 423 g/mol. The Morgan fingerprint density at radius 1 is 1.16 bits per heavy atom. The van der Waals surface area contributed by atoms with Crippen LogP contribution in [0, 0.1) is 0 Å². The first-order chi connectivity index (χ1) is 15.1. The van der Waals surface area contributed by atoms with Crippen LogP contribution in [0.5, 0.6) is 5.75 Å². The second kappa shape index (κ2) is 9.49. The minimum atomic E-state index is -0.270. The van der Waals surface area contributed by atoms with Gasteiger partial charge in [0, 0.05) is 43.7 Å². The van der Waals surface area contributed by atoms with Gasteiger partial charge >= 0.3 is 0 Å². The molecule has 2 amide bonds. The molecule has 1 fully saturated rings. The van der Waals surface area contributed by atoms with E-state index in [0.29, 0.717) is 30.0 Å². The fraction of sp³-hybridized carbons (Fsp3) is 0.417. The normalized spacial score (nSPS) is 22.3. The Kier molecular flexibility index (Phi) is 6.53. The van der Waals surface area contributed by atoms with E-state index >= 15 is 0 Å². The first-order valence-electron chi connectivity index (χ1n) is 10.8. The number of carbonyl (C=O) groups is 2. The summed E-state index contributed by atoms with van der Waals surface area (Å²) in [6.07, 6.45) is 0.695. The summed E-state index contributed by atoms with van der Waals surface area (Å²) in [5.41, 5.74) is 2.80. The van der Waals surface area contributed by atoms with Gasteiger partial charge in [-0.3, -0.25) is 9.59 Å². The van der Waals surface area contributed by atoms with E-state index < -0.39 is 0 Å². The van der Waals surface area contributed by atoms with Crippen molar-refractivity contribution in [2.24, 2.45) is 0 Å². The summed E-state index contributed by atoms with van der Waals surface area (Å²) in [6, 6.07) is 13.5. The van der Waals surface area contributed by atoms with E-state index in [1.165, 1.54) is 0 Å². The molecule has 3 N–H and O–H groups in total. The maximum Gasteiger partial charge on any atom is 0.254 e. The lowest BCUT2D eigenvalue weighted by atomic mass is 9.87. The highest BCUT2D eigenvalue weighted by molar-refractivity contribution is 6.02. The summed E-state index contributed by atoms with van der Waals surface area (Å²) in [4.78, 5) is 25.5. The van der Waals surface area contributed by atoms with Gasteiger partial charge < -0.3 is 25.4 Å². The minimum Gasteiger partial charge on any atom is -0.489 e. The fourth-order valence-electron chi connectivity index (χ4n) is 4.32. The Morgan fingerprint density at radius 3 is 2.68 bits per heavy atom. The first-order valence-corrected chi connectivity index (χ1v) is 10.8. The number of hydrogen-bond donors (Lipinski definition) is 3. The van der Waals surface area contributed by atoms with Gasteiger partial charge in [-0.05, 0) is 31.0 Å². The van der Waals surface area contributed by atoms with Crippen LogP contribution in [0.25, 0.3) is 0 Å². The molecule has 7 nitrogen and oxygen atoms in total. The van der Waals surface area contributed by atoms with Gasteiger partial charge in [0.15, 0.2) is 0 Å². The second-order valence-corrected chi connectivity index (χ2v) is 7.97. The number of nitrogens with one attached hydrogen (secondary N) is 3. The van der Waals surface area contributed by atoms with Crippen LogP contribution in [-0.2, 0) is 4.74 Å². The van der Waals surface area contributed by atoms with Crippen molar-refractivity contribution in [3.05, 3.63) is 64.7 Å². The highest BCUT2D eigenvalue weighted by Crippen LogP contribution is 2.44. The van der Waals surface area contributed by atoms with Crippen molar-refractivity contribution in [2.75, 3.05) is 33.3 Å². The minimum absolute atomic E-state index is 0.0472. The molecule has 2 aliphatic rings. The third-order valence-corrected chi connectivity index (χ3v) is 5.87. The van der Waals surface area contributed by atoms with Crippen LogP contribution in [0.15, 0.2) is 42.5 Å². The highest BCUT2D eigenvalue weighted by Gasteiger charge is 2.36. The van der Waals surface area contributed by atoms with Gasteiger partial charge in [-0.1, -0.05) is 30.3 Å². The quantitative estimate of drug-likeness (QED) is 0.662. The Balaban J connectivity index is 1.59. The predicted octanol–water partition coefficient (Wildman–Crippen LogP) is 2.07. The van der Waals surface area contributed by atoms with Crippen molar-refractivity contribution in [1.82, 2.24) is 16.0 Å². The number of amides is 2. The molecule has 2 heterocycles. The molecule has 4 rings (SSSR count). The number of carbonyl (C=O) groups excluding carboxylic acids is 2. The van der Waals surface area contributed by atoms with Crippen LogP contribution < -0.4 is 20.7 Å². The molecule has 7 heteroatoms. The summed E-state index contributed by atoms with van der Waals surface area (Å²) in [7, 11) is 1.58. The SMILES string of the molecule is CNC(=O)c1cc(C(=O)NCCC2CNCCO2)cc2c1OC(C)C2c1ccccc1. The fourth-order valence-corrected chi connectivity index (χ4v) is 4.32. The zero-order chi connectivity index (χ0) is 21.8. The van der Waals surface area contributed by atoms with Crippen LogP contribution in [-0.4, -0.2) is 57.3 Å². The molecule has 2 aromatic carbocycles. The van der Waals surface area contributed by atoms with Gasteiger partial charge in [0.2, 0.25) is 0 Å². The lowest BCUT2D eigenvalue weighted by Gasteiger charge is -2.23. The highest BCUT2D eigenvalue weighted by atomic mass is 16.5. The second-order valence-electron chi connectivity index (χ2n) is 7.97. The molecule has 3 unspecified atom stereocenters. The maximum atomic E-state index is 12.9. The van der Waals surface area contributed by atoms with Crippen LogP contribution in [0.4, 0.5) is 0 Å². The molecule has 0 aliphatic carbocycles. The van der Waals surface area contributed by atoms with Gasteiger partial charge in [-0.25, -0.2) is 0 Å². The smallest absolute Gasteiger partial charge is 0.254 e. The summed E-state index contributed by atoms with van der Waals surface area (Å²) in [5.74, 6) is 0.0320. The summed E-state index contributed by atoms with van der Waals surface area (Å²) in [6.45, 7) is 4.85. The molecule has 164 valence electrons. The molecule has 31 heavy (non-hydrogen) atoms. The molecule has 1 saturated heterocycles.